The number of nitrogens with zero attached hydrogens (tertiary/aromatic N) is 2. The molecule has 2 aliphatic heterocycles. The Morgan fingerprint density at radius 3 is 2.59 bits per heavy atom. The van der Waals surface area contributed by atoms with Crippen LogP contribution < -0.4 is 24.0 Å². The minimum absolute atomic E-state index is 0. The SMILES string of the molecule is CC1=CC(C)C(=O)N(CCC2CCCC[N+]2(C)C)C(C)=C1.[I-]. The average molecular weight is 418 g/mol. The van der Waals surface area contributed by atoms with Crippen LogP contribution in [0.1, 0.15) is 46.5 Å². The van der Waals surface area contributed by atoms with Gasteiger partial charge in [0.05, 0.1) is 32.6 Å². The molecule has 0 radical (unpaired) electrons. The molecule has 2 unspecified atom stereocenters. The van der Waals surface area contributed by atoms with Gasteiger partial charge in [-0.05, 0) is 39.2 Å². The number of hydrogen-bond donors (Lipinski definition) is 0. The minimum Gasteiger partial charge on any atom is -1.00 e. The van der Waals surface area contributed by atoms with Gasteiger partial charge >= 0.3 is 0 Å². The van der Waals surface area contributed by atoms with Crippen LogP contribution in [0, 0.1) is 5.92 Å². The van der Waals surface area contributed by atoms with E-state index in [1.807, 2.05) is 11.8 Å². The number of carbonyl (C=O) groups is 1. The fraction of sp³-hybridized carbons (Fsp3) is 0.722. The van der Waals surface area contributed by atoms with Crippen molar-refractivity contribution >= 4 is 5.91 Å². The first-order valence-corrected chi connectivity index (χ1v) is 8.32. The number of amides is 1. The van der Waals surface area contributed by atoms with E-state index in [1.54, 1.807) is 0 Å². The smallest absolute Gasteiger partial charge is 0.233 e. The summed E-state index contributed by atoms with van der Waals surface area (Å²) in [5.41, 5.74) is 2.30. The van der Waals surface area contributed by atoms with Crippen molar-refractivity contribution in [3.63, 3.8) is 0 Å². The van der Waals surface area contributed by atoms with Crippen LogP contribution in [-0.4, -0.2) is 48.5 Å². The van der Waals surface area contributed by atoms with E-state index in [9.17, 15) is 4.79 Å². The van der Waals surface area contributed by atoms with E-state index in [-0.39, 0.29) is 35.8 Å². The number of hydrogen-bond acceptors (Lipinski definition) is 1. The number of quaternary nitrogens is 1. The van der Waals surface area contributed by atoms with E-state index in [2.05, 4.69) is 40.1 Å². The molecule has 4 heteroatoms. The van der Waals surface area contributed by atoms with Gasteiger partial charge < -0.3 is 33.4 Å². The number of carbonyl (C=O) groups excluding carboxylic acids is 1. The molecule has 126 valence electrons. The van der Waals surface area contributed by atoms with Crippen molar-refractivity contribution in [1.82, 2.24) is 4.90 Å². The van der Waals surface area contributed by atoms with E-state index < -0.39 is 0 Å². The number of halogens is 1. The lowest BCUT2D eigenvalue weighted by Crippen LogP contribution is -3.00. The molecule has 2 atom stereocenters. The highest BCUT2D eigenvalue weighted by molar-refractivity contribution is 5.82. The summed E-state index contributed by atoms with van der Waals surface area (Å²) in [5.74, 6) is 0.245. The van der Waals surface area contributed by atoms with E-state index in [4.69, 9.17) is 0 Å². The number of allylic oxidation sites excluding steroid dienone is 3. The van der Waals surface area contributed by atoms with Gasteiger partial charge in [0.1, 0.15) is 0 Å². The Balaban J connectivity index is 0.00000242. The van der Waals surface area contributed by atoms with E-state index in [0.717, 1.165) is 23.1 Å². The third kappa shape index (κ3) is 4.57. The number of rotatable bonds is 3. The van der Waals surface area contributed by atoms with Crippen LogP contribution in [0.4, 0.5) is 0 Å². The van der Waals surface area contributed by atoms with Gasteiger partial charge in [0.2, 0.25) is 5.91 Å². The second-order valence-electron chi connectivity index (χ2n) is 7.42. The lowest BCUT2D eigenvalue weighted by atomic mass is 9.97. The van der Waals surface area contributed by atoms with Gasteiger partial charge in [-0.1, -0.05) is 18.6 Å². The number of piperidine rings is 1. The van der Waals surface area contributed by atoms with Crippen molar-refractivity contribution in [3.05, 3.63) is 23.4 Å². The molecule has 0 spiro atoms. The standard InChI is InChI=1S/C18H31N2O.HI/c1-14-12-15(2)18(21)19(16(3)13-14)10-9-17-8-6-7-11-20(17,4)5;/h12-13,15,17H,6-11H2,1-5H3;1H/q+1;/p-1. The quantitative estimate of drug-likeness (QED) is 0.478. The fourth-order valence-electron chi connectivity index (χ4n) is 3.83. The molecule has 0 aliphatic carbocycles. The monoisotopic (exact) mass is 418 g/mol. The van der Waals surface area contributed by atoms with Crippen LogP contribution in [0.25, 0.3) is 0 Å². The molecule has 0 aromatic heterocycles. The summed E-state index contributed by atoms with van der Waals surface area (Å²) in [6.07, 6.45) is 9.30. The van der Waals surface area contributed by atoms with Crippen LogP contribution in [0.2, 0.25) is 0 Å². The lowest BCUT2D eigenvalue weighted by Gasteiger charge is -2.42. The minimum atomic E-state index is -0.00689. The normalized spacial score (nSPS) is 28.4. The molecule has 2 rings (SSSR count). The average Bonchev–Trinajstić information content (AvgIpc) is 2.47. The summed E-state index contributed by atoms with van der Waals surface area (Å²) < 4.78 is 1.11. The molecular formula is C18H31IN2O. The zero-order valence-electron chi connectivity index (χ0n) is 14.7. The molecule has 1 amide bonds. The van der Waals surface area contributed by atoms with Gasteiger partial charge in [0.25, 0.3) is 0 Å². The Hall–Kier alpha value is -0.360. The van der Waals surface area contributed by atoms with Crippen molar-refractivity contribution < 1.29 is 33.3 Å². The Morgan fingerprint density at radius 2 is 1.95 bits per heavy atom. The first-order valence-electron chi connectivity index (χ1n) is 8.32. The molecule has 2 aliphatic rings. The molecule has 0 bridgehead atoms. The largest absolute Gasteiger partial charge is 1.00 e. The fourth-order valence-corrected chi connectivity index (χ4v) is 3.83. The molecule has 0 N–H and O–H groups in total. The van der Waals surface area contributed by atoms with Crippen LogP contribution in [0.5, 0.6) is 0 Å². The Bertz CT molecular complexity index is 468. The maximum Gasteiger partial charge on any atom is 0.233 e. The topological polar surface area (TPSA) is 20.3 Å². The maximum atomic E-state index is 12.6. The predicted octanol–water partition coefficient (Wildman–Crippen LogP) is 0.338. The van der Waals surface area contributed by atoms with E-state index >= 15 is 0 Å². The Labute approximate surface area is 153 Å². The molecular weight excluding hydrogens is 387 g/mol. The van der Waals surface area contributed by atoms with Gasteiger partial charge in [-0.15, -0.1) is 0 Å². The van der Waals surface area contributed by atoms with Crippen LogP contribution >= 0.6 is 0 Å². The van der Waals surface area contributed by atoms with Crippen molar-refractivity contribution in [2.45, 2.75) is 52.5 Å². The first-order chi connectivity index (χ1) is 9.81. The van der Waals surface area contributed by atoms with E-state index in [0.29, 0.717) is 6.04 Å². The van der Waals surface area contributed by atoms with Crippen molar-refractivity contribution in [1.29, 1.82) is 0 Å². The molecule has 1 fully saturated rings. The highest BCUT2D eigenvalue weighted by atomic mass is 127. The molecule has 2 heterocycles. The summed E-state index contributed by atoms with van der Waals surface area (Å²) in [5, 5.41) is 0. The highest BCUT2D eigenvalue weighted by Crippen LogP contribution is 2.26. The van der Waals surface area contributed by atoms with Gasteiger partial charge in [-0.2, -0.15) is 0 Å². The van der Waals surface area contributed by atoms with Crippen LogP contribution in [0.15, 0.2) is 23.4 Å². The molecule has 22 heavy (non-hydrogen) atoms. The summed E-state index contributed by atoms with van der Waals surface area (Å²) >= 11 is 0. The van der Waals surface area contributed by atoms with Crippen LogP contribution in [0.3, 0.4) is 0 Å². The zero-order valence-corrected chi connectivity index (χ0v) is 16.9. The number of likely N-dealkylation sites (tertiary alicyclic amines) is 1. The van der Waals surface area contributed by atoms with Crippen molar-refractivity contribution in [2.75, 3.05) is 27.2 Å². The second-order valence-corrected chi connectivity index (χ2v) is 7.42. The molecule has 0 aromatic rings. The summed E-state index contributed by atoms with van der Waals surface area (Å²) in [7, 11) is 4.68. The van der Waals surface area contributed by atoms with Gasteiger partial charge in [0.15, 0.2) is 0 Å². The highest BCUT2D eigenvalue weighted by Gasteiger charge is 2.32. The second kappa shape index (κ2) is 7.95. The van der Waals surface area contributed by atoms with Gasteiger partial charge in [-0.25, -0.2) is 0 Å². The molecule has 3 nitrogen and oxygen atoms in total. The Kier molecular flexibility index (Phi) is 7.12. The predicted molar refractivity (Wildman–Crippen MR) is 87.6 cm³/mol. The maximum absolute atomic E-state index is 12.6. The van der Waals surface area contributed by atoms with Crippen molar-refractivity contribution in [2.24, 2.45) is 5.92 Å². The third-order valence-electron chi connectivity index (χ3n) is 5.23. The van der Waals surface area contributed by atoms with Gasteiger partial charge in [0, 0.05) is 18.7 Å². The third-order valence-corrected chi connectivity index (χ3v) is 5.23. The first kappa shape index (κ1) is 19.7. The molecule has 0 saturated carbocycles. The Morgan fingerprint density at radius 1 is 1.27 bits per heavy atom. The van der Waals surface area contributed by atoms with Crippen LogP contribution in [-0.2, 0) is 4.79 Å². The van der Waals surface area contributed by atoms with E-state index in [1.165, 1.54) is 31.4 Å². The summed E-state index contributed by atoms with van der Waals surface area (Å²) in [6, 6.07) is 0.687. The summed E-state index contributed by atoms with van der Waals surface area (Å²) in [6.45, 7) is 8.28. The molecule has 1 saturated heterocycles. The molecule has 0 aromatic carbocycles. The zero-order chi connectivity index (χ0) is 15.6. The van der Waals surface area contributed by atoms with Gasteiger partial charge in [-0.3, -0.25) is 4.79 Å². The summed E-state index contributed by atoms with van der Waals surface area (Å²) in [4.78, 5) is 14.6. The lowest BCUT2D eigenvalue weighted by molar-refractivity contribution is -0.920. The van der Waals surface area contributed by atoms with Crippen molar-refractivity contribution in [3.8, 4) is 0 Å².